The number of halogens is 4. The molecule has 1 aromatic rings. The summed E-state index contributed by atoms with van der Waals surface area (Å²) in [6.07, 6.45) is -5.35. The van der Waals surface area contributed by atoms with Crippen molar-refractivity contribution >= 4 is 29.2 Å². The van der Waals surface area contributed by atoms with Crippen molar-refractivity contribution in [2.24, 2.45) is 5.92 Å². The highest BCUT2D eigenvalue weighted by atomic mass is 35.5. The fraction of sp³-hybridized carbons (Fsp3) is 0.538. The number of aromatic nitrogens is 2. The number of carbonyl (C=O) groups excluding carboxylic acids is 2. The Morgan fingerprint density at radius 3 is 2.40 bits per heavy atom. The zero-order valence-corrected chi connectivity index (χ0v) is 13.8. The molecule has 0 saturated carbocycles. The van der Waals surface area contributed by atoms with Gasteiger partial charge in [0.05, 0.1) is 0 Å². The van der Waals surface area contributed by atoms with Crippen LogP contribution in [0.2, 0.25) is 0 Å². The van der Waals surface area contributed by atoms with E-state index in [2.05, 4.69) is 0 Å². The Labute approximate surface area is 143 Å². The van der Waals surface area contributed by atoms with Crippen molar-refractivity contribution in [2.75, 3.05) is 11.2 Å². The van der Waals surface area contributed by atoms with Crippen LogP contribution in [0.3, 0.4) is 0 Å². The first-order valence-corrected chi connectivity index (χ1v) is 7.62. The fourth-order valence-electron chi connectivity index (χ4n) is 2.61. The van der Waals surface area contributed by atoms with E-state index in [0.29, 0.717) is 0 Å². The van der Waals surface area contributed by atoms with Gasteiger partial charge in [0.1, 0.15) is 17.3 Å². The van der Waals surface area contributed by atoms with Crippen LogP contribution in [0.25, 0.3) is 0 Å². The number of rotatable bonds is 4. The molecule has 2 amide bonds. The van der Waals surface area contributed by atoms with Crippen LogP contribution in [0, 0.1) is 5.92 Å². The van der Waals surface area contributed by atoms with Gasteiger partial charge in [-0.1, -0.05) is 13.8 Å². The maximum atomic E-state index is 13.8. The van der Waals surface area contributed by atoms with E-state index in [0.717, 1.165) is 4.57 Å². The number of anilines is 1. The van der Waals surface area contributed by atoms with Gasteiger partial charge in [0.2, 0.25) is 11.4 Å². The van der Waals surface area contributed by atoms with Crippen LogP contribution in [0.4, 0.5) is 19.0 Å². The molecule has 25 heavy (non-hydrogen) atoms. The average molecular weight is 383 g/mol. The number of nitrogens with one attached hydrogen (secondary N) is 3. The van der Waals surface area contributed by atoms with Crippen molar-refractivity contribution in [3.05, 3.63) is 26.4 Å². The summed E-state index contributed by atoms with van der Waals surface area (Å²) in [5.41, 5.74) is -7.12. The second-order valence-electron chi connectivity index (χ2n) is 5.87. The first kappa shape index (κ1) is 19.0. The monoisotopic (exact) mass is 382 g/mol. The molecular weight excluding hydrogens is 369 g/mol. The number of hydrogen-bond donors (Lipinski definition) is 3. The molecule has 1 aromatic heterocycles. The lowest BCUT2D eigenvalue weighted by atomic mass is 9.92. The third-order valence-electron chi connectivity index (χ3n) is 3.57. The Kier molecular flexibility index (Phi) is 4.73. The highest BCUT2D eigenvalue weighted by Crippen LogP contribution is 2.44. The predicted molar refractivity (Wildman–Crippen MR) is 81.4 cm³/mol. The Morgan fingerprint density at radius 1 is 1.32 bits per heavy atom. The van der Waals surface area contributed by atoms with Crippen molar-refractivity contribution in [1.29, 1.82) is 0 Å². The summed E-state index contributed by atoms with van der Waals surface area (Å²) in [5.74, 6) is -4.63. The van der Waals surface area contributed by atoms with E-state index in [1.807, 2.05) is 5.32 Å². The van der Waals surface area contributed by atoms with E-state index < -0.39 is 52.0 Å². The summed E-state index contributed by atoms with van der Waals surface area (Å²) in [6.45, 7) is 3.32. The summed E-state index contributed by atoms with van der Waals surface area (Å²) < 4.78 is 42.1. The normalized spacial score (nSPS) is 19.7. The Balaban J connectivity index is 2.85. The molecule has 3 N–H and O–H groups in total. The standard InChI is InChI=1S/C13H14ClF3N4O4/c1-5(2)4-21-8-7(9(23)19-11(21)25)12(10(24)18-8,13(15,16)17)20-6(22)3-14/h5H,3-4H2,1-2H3,(H,18,24)(H,20,22)(H,19,23,25). The topological polar surface area (TPSA) is 113 Å². The third-order valence-corrected chi connectivity index (χ3v) is 3.81. The number of amides is 2. The molecule has 138 valence electrons. The number of alkyl halides is 4. The van der Waals surface area contributed by atoms with E-state index in [1.54, 1.807) is 18.8 Å². The number of hydrogen-bond acceptors (Lipinski definition) is 4. The van der Waals surface area contributed by atoms with E-state index in [9.17, 15) is 32.3 Å². The molecule has 0 aliphatic carbocycles. The number of fused-ring (bicyclic) bond motifs is 1. The first-order chi connectivity index (χ1) is 11.5. The van der Waals surface area contributed by atoms with Gasteiger partial charge in [-0.15, -0.1) is 11.6 Å². The van der Waals surface area contributed by atoms with Crippen molar-refractivity contribution < 1.29 is 22.8 Å². The molecule has 1 unspecified atom stereocenters. The predicted octanol–water partition coefficient (Wildman–Crippen LogP) is 0.257. The van der Waals surface area contributed by atoms with E-state index >= 15 is 0 Å². The lowest BCUT2D eigenvalue weighted by Gasteiger charge is -2.29. The van der Waals surface area contributed by atoms with Crippen molar-refractivity contribution in [2.45, 2.75) is 32.1 Å². The van der Waals surface area contributed by atoms with E-state index in [1.165, 1.54) is 5.32 Å². The number of nitrogens with zero attached hydrogens (tertiary/aromatic N) is 1. The highest BCUT2D eigenvalue weighted by Gasteiger charge is 2.68. The number of aromatic amines is 1. The van der Waals surface area contributed by atoms with Crippen LogP contribution >= 0.6 is 11.6 Å². The van der Waals surface area contributed by atoms with Gasteiger partial charge in [0.25, 0.3) is 11.5 Å². The molecular formula is C13H14ClF3N4O4. The quantitative estimate of drug-likeness (QED) is 0.648. The highest BCUT2D eigenvalue weighted by molar-refractivity contribution is 6.27. The van der Waals surface area contributed by atoms with Gasteiger partial charge >= 0.3 is 11.9 Å². The summed E-state index contributed by atoms with van der Waals surface area (Å²) in [5, 5.41) is 3.39. The SMILES string of the molecule is CC(C)Cn1c2c(c(=O)[nH]c1=O)C(NC(=O)CCl)(C(F)(F)F)C(=O)N2. The molecule has 2 rings (SSSR count). The minimum Gasteiger partial charge on any atom is -0.329 e. The van der Waals surface area contributed by atoms with Crippen LogP contribution in [0.5, 0.6) is 0 Å². The molecule has 1 aliphatic heterocycles. The van der Waals surface area contributed by atoms with E-state index in [-0.39, 0.29) is 12.5 Å². The Bertz CT molecular complexity index is 845. The lowest BCUT2D eigenvalue weighted by Crippen LogP contribution is -2.62. The van der Waals surface area contributed by atoms with Crippen molar-refractivity contribution in [1.82, 2.24) is 14.9 Å². The molecule has 0 radical (unpaired) electrons. The molecule has 12 heteroatoms. The van der Waals surface area contributed by atoms with Gasteiger partial charge in [0, 0.05) is 6.54 Å². The van der Waals surface area contributed by atoms with Crippen LogP contribution in [-0.4, -0.2) is 33.4 Å². The zero-order chi connectivity index (χ0) is 19.2. The minimum absolute atomic E-state index is 0.0599. The molecule has 0 fully saturated rings. The third kappa shape index (κ3) is 2.92. The summed E-state index contributed by atoms with van der Waals surface area (Å²) in [7, 11) is 0. The number of carbonyl (C=O) groups is 2. The van der Waals surface area contributed by atoms with Crippen LogP contribution < -0.4 is 21.9 Å². The zero-order valence-electron chi connectivity index (χ0n) is 13.1. The molecule has 0 spiro atoms. The fourth-order valence-corrected chi connectivity index (χ4v) is 2.67. The molecule has 0 saturated heterocycles. The van der Waals surface area contributed by atoms with Crippen LogP contribution in [0.15, 0.2) is 9.59 Å². The van der Waals surface area contributed by atoms with Crippen LogP contribution in [0.1, 0.15) is 19.4 Å². The van der Waals surface area contributed by atoms with Gasteiger partial charge < -0.3 is 10.6 Å². The molecule has 1 aliphatic rings. The Hall–Kier alpha value is -2.30. The second kappa shape index (κ2) is 6.21. The maximum Gasteiger partial charge on any atom is 0.425 e. The summed E-state index contributed by atoms with van der Waals surface area (Å²) in [6, 6.07) is 0. The summed E-state index contributed by atoms with van der Waals surface area (Å²) >= 11 is 5.23. The molecule has 2 heterocycles. The van der Waals surface area contributed by atoms with Crippen molar-refractivity contribution in [3.8, 4) is 0 Å². The van der Waals surface area contributed by atoms with Gasteiger partial charge in [-0.2, -0.15) is 13.2 Å². The number of H-pyrrole nitrogens is 1. The average Bonchev–Trinajstić information content (AvgIpc) is 2.77. The van der Waals surface area contributed by atoms with Crippen LogP contribution in [-0.2, 0) is 21.7 Å². The maximum absolute atomic E-state index is 13.8. The molecule has 0 bridgehead atoms. The van der Waals surface area contributed by atoms with Gasteiger partial charge in [-0.25, -0.2) is 4.79 Å². The Morgan fingerprint density at radius 2 is 1.92 bits per heavy atom. The van der Waals surface area contributed by atoms with Gasteiger partial charge in [-0.3, -0.25) is 23.9 Å². The minimum atomic E-state index is -5.35. The van der Waals surface area contributed by atoms with Gasteiger partial charge in [-0.05, 0) is 5.92 Å². The first-order valence-electron chi connectivity index (χ1n) is 7.08. The smallest absolute Gasteiger partial charge is 0.329 e. The van der Waals surface area contributed by atoms with Crippen molar-refractivity contribution in [3.63, 3.8) is 0 Å². The molecule has 8 nitrogen and oxygen atoms in total. The van der Waals surface area contributed by atoms with Gasteiger partial charge in [0.15, 0.2) is 0 Å². The van der Waals surface area contributed by atoms with E-state index in [4.69, 9.17) is 11.6 Å². The largest absolute Gasteiger partial charge is 0.425 e. The molecule has 1 atom stereocenters. The molecule has 0 aromatic carbocycles. The second-order valence-corrected chi connectivity index (χ2v) is 6.14. The lowest BCUT2D eigenvalue weighted by molar-refractivity contribution is -0.200. The summed E-state index contributed by atoms with van der Waals surface area (Å²) in [4.78, 5) is 49.5.